The molecular weight excluding hydrogens is 228 g/mol. The van der Waals surface area contributed by atoms with E-state index in [9.17, 15) is 4.79 Å². The summed E-state index contributed by atoms with van der Waals surface area (Å²) in [6.45, 7) is 2.35. The molecule has 0 unspecified atom stereocenters. The maximum Gasteiger partial charge on any atom is 0.320 e. The van der Waals surface area contributed by atoms with Crippen molar-refractivity contribution < 1.29 is 4.79 Å². The van der Waals surface area contributed by atoms with Gasteiger partial charge in [0, 0.05) is 39.6 Å². The molecule has 0 saturated carbocycles. The van der Waals surface area contributed by atoms with Gasteiger partial charge >= 0.3 is 6.03 Å². The van der Waals surface area contributed by atoms with Crippen molar-refractivity contribution in [1.29, 1.82) is 0 Å². The normalized spacial score (nSPS) is 16.4. The first-order valence-corrected chi connectivity index (χ1v) is 6.64. The number of rotatable bonds is 2. The second-order valence-electron chi connectivity index (χ2n) is 4.99. The first-order chi connectivity index (χ1) is 8.68. The number of imidazole rings is 1. The van der Waals surface area contributed by atoms with Crippen molar-refractivity contribution in [3.05, 3.63) is 18.2 Å². The fourth-order valence-electron chi connectivity index (χ4n) is 2.33. The van der Waals surface area contributed by atoms with E-state index >= 15 is 0 Å². The number of aromatic nitrogens is 2. The van der Waals surface area contributed by atoms with Crippen molar-refractivity contribution in [2.75, 3.05) is 20.1 Å². The quantitative estimate of drug-likeness (QED) is 0.803. The third kappa shape index (κ3) is 3.03. The minimum Gasteiger partial charge on any atom is -0.337 e. The summed E-state index contributed by atoms with van der Waals surface area (Å²) in [5, 5.41) is 0. The number of carbonyl (C=O) groups excluding carboxylic acids is 1. The summed E-state index contributed by atoms with van der Waals surface area (Å²) in [5.74, 6) is 0.917. The van der Waals surface area contributed by atoms with Crippen LogP contribution < -0.4 is 0 Å². The molecule has 1 aliphatic rings. The van der Waals surface area contributed by atoms with Gasteiger partial charge in [-0.3, -0.25) is 0 Å². The Morgan fingerprint density at radius 2 is 2.00 bits per heavy atom. The molecule has 5 nitrogen and oxygen atoms in total. The molecule has 2 amide bonds. The number of hydrogen-bond donors (Lipinski definition) is 0. The monoisotopic (exact) mass is 250 g/mol. The highest BCUT2D eigenvalue weighted by Crippen LogP contribution is 2.12. The van der Waals surface area contributed by atoms with Gasteiger partial charge in [0.25, 0.3) is 0 Å². The molecule has 0 atom stereocenters. The van der Waals surface area contributed by atoms with Crippen LogP contribution in [-0.4, -0.2) is 45.5 Å². The van der Waals surface area contributed by atoms with Crippen LogP contribution in [0.1, 0.15) is 31.5 Å². The van der Waals surface area contributed by atoms with Gasteiger partial charge < -0.3 is 14.4 Å². The molecule has 1 saturated heterocycles. The summed E-state index contributed by atoms with van der Waals surface area (Å²) in [6, 6.07) is 0.125. The molecule has 1 fully saturated rings. The number of urea groups is 1. The van der Waals surface area contributed by atoms with E-state index < -0.39 is 0 Å². The summed E-state index contributed by atoms with van der Waals surface area (Å²) in [4.78, 5) is 20.3. The van der Waals surface area contributed by atoms with Gasteiger partial charge in [0.05, 0.1) is 6.54 Å². The molecule has 0 N–H and O–H groups in total. The van der Waals surface area contributed by atoms with Crippen LogP contribution in [0.15, 0.2) is 12.4 Å². The lowest BCUT2D eigenvalue weighted by Gasteiger charge is -2.26. The number of aryl methyl sites for hydroxylation is 1. The van der Waals surface area contributed by atoms with Crippen LogP contribution in [0.4, 0.5) is 4.79 Å². The molecule has 5 heteroatoms. The Hall–Kier alpha value is -1.52. The predicted molar refractivity (Wildman–Crippen MR) is 70.1 cm³/mol. The summed E-state index contributed by atoms with van der Waals surface area (Å²) in [6.07, 6.45) is 8.41. The van der Waals surface area contributed by atoms with Gasteiger partial charge in [0.1, 0.15) is 5.82 Å². The zero-order chi connectivity index (χ0) is 13.0. The Morgan fingerprint density at radius 1 is 1.33 bits per heavy atom. The number of nitrogens with zero attached hydrogens (tertiary/aromatic N) is 4. The Morgan fingerprint density at radius 3 is 2.56 bits per heavy atom. The van der Waals surface area contributed by atoms with Crippen molar-refractivity contribution in [1.82, 2.24) is 19.4 Å². The Balaban J connectivity index is 1.93. The molecule has 18 heavy (non-hydrogen) atoms. The lowest BCUT2D eigenvalue weighted by Crippen LogP contribution is -2.41. The molecule has 1 aliphatic heterocycles. The number of likely N-dealkylation sites (tertiary alicyclic amines) is 1. The largest absolute Gasteiger partial charge is 0.337 e. The van der Waals surface area contributed by atoms with Crippen LogP contribution in [-0.2, 0) is 13.6 Å². The van der Waals surface area contributed by atoms with Crippen LogP contribution in [0.2, 0.25) is 0 Å². The highest BCUT2D eigenvalue weighted by Gasteiger charge is 2.19. The predicted octanol–water partition coefficient (Wildman–Crippen LogP) is 1.85. The van der Waals surface area contributed by atoms with Crippen LogP contribution in [0, 0.1) is 0 Å². The molecule has 1 aromatic rings. The van der Waals surface area contributed by atoms with E-state index in [4.69, 9.17) is 0 Å². The minimum atomic E-state index is 0.125. The van der Waals surface area contributed by atoms with Gasteiger partial charge in [-0.2, -0.15) is 0 Å². The van der Waals surface area contributed by atoms with Crippen LogP contribution in [0.5, 0.6) is 0 Å². The molecule has 0 aromatic carbocycles. The van der Waals surface area contributed by atoms with Gasteiger partial charge in [-0.1, -0.05) is 12.8 Å². The van der Waals surface area contributed by atoms with Crippen molar-refractivity contribution >= 4 is 6.03 Å². The zero-order valence-corrected chi connectivity index (χ0v) is 11.3. The van der Waals surface area contributed by atoms with E-state index in [2.05, 4.69) is 4.98 Å². The van der Waals surface area contributed by atoms with Crippen molar-refractivity contribution in [3.63, 3.8) is 0 Å². The van der Waals surface area contributed by atoms with E-state index in [1.165, 1.54) is 12.8 Å². The smallest absolute Gasteiger partial charge is 0.320 e. The van der Waals surface area contributed by atoms with Gasteiger partial charge in [0.2, 0.25) is 0 Å². The lowest BCUT2D eigenvalue weighted by atomic mass is 10.2. The second kappa shape index (κ2) is 5.89. The Kier molecular flexibility index (Phi) is 4.23. The average molecular weight is 250 g/mol. The second-order valence-corrected chi connectivity index (χ2v) is 4.99. The van der Waals surface area contributed by atoms with E-state index in [0.717, 1.165) is 31.8 Å². The number of carbonyl (C=O) groups is 1. The van der Waals surface area contributed by atoms with Crippen molar-refractivity contribution in [2.45, 2.75) is 32.2 Å². The summed E-state index contributed by atoms with van der Waals surface area (Å²) in [5.41, 5.74) is 0. The standard InChI is InChI=1S/C13H22N4O/c1-15-10-7-14-12(15)11-16(2)13(18)17-8-5-3-4-6-9-17/h7,10H,3-6,8-9,11H2,1-2H3. The highest BCUT2D eigenvalue weighted by molar-refractivity contribution is 5.74. The van der Waals surface area contributed by atoms with Gasteiger partial charge in [0.15, 0.2) is 0 Å². The minimum absolute atomic E-state index is 0.125. The van der Waals surface area contributed by atoms with Gasteiger partial charge in [-0.15, -0.1) is 0 Å². The third-order valence-corrected chi connectivity index (χ3v) is 3.50. The highest BCUT2D eigenvalue weighted by atomic mass is 16.2. The topological polar surface area (TPSA) is 41.4 Å². The SMILES string of the molecule is CN(Cc1nccn1C)C(=O)N1CCCCCC1. The number of amides is 2. The van der Waals surface area contributed by atoms with E-state index in [1.54, 1.807) is 11.1 Å². The first kappa shape index (κ1) is 12.9. The Labute approximate surface area is 108 Å². The van der Waals surface area contributed by atoms with Gasteiger partial charge in [-0.25, -0.2) is 9.78 Å². The summed E-state index contributed by atoms with van der Waals surface area (Å²) >= 11 is 0. The molecule has 2 heterocycles. The van der Waals surface area contributed by atoms with E-state index in [0.29, 0.717) is 6.54 Å². The molecule has 0 bridgehead atoms. The molecule has 2 rings (SSSR count). The molecule has 0 spiro atoms. The molecule has 0 radical (unpaired) electrons. The summed E-state index contributed by atoms with van der Waals surface area (Å²) < 4.78 is 1.95. The lowest BCUT2D eigenvalue weighted by molar-refractivity contribution is 0.161. The molecule has 0 aliphatic carbocycles. The van der Waals surface area contributed by atoms with E-state index in [-0.39, 0.29) is 6.03 Å². The fraction of sp³-hybridized carbons (Fsp3) is 0.692. The first-order valence-electron chi connectivity index (χ1n) is 6.64. The van der Waals surface area contributed by atoms with Crippen LogP contribution >= 0.6 is 0 Å². The third-order valence-electron chi connectivity index (χ3n) is 3.50. The van der Waals surface area contributed by atoms with Crippen LogP contribution in [0.3, 0.4) is 0 Å². The van der Waals surface area contributed by atoms with E-state index in [1.807, 2.05) is 29.8 Å². The zero-order valence-electron chi connectivity index (χ0n) is 11.3. The maximum absolute atomic E-state index is 12.3. The fourth-order valence-corrected chi connectivity index (χ4v) is 2.33. The van der Waals surface area contributed by atoms with Gasteiger partial charge in [-0.05, 0) is 12.8 Å². The molecule has 100 valence electrons. The molecular formula is C13H22N4O. The van der Waals surface area contributed by atoms with Crippen molar-refractivity contribution in [3.8, 4) is 0 Å². The maximum atomic E-state index is 12.3. The number of hydrogen-bond acceptors (Lipinski definition) is 2. The van der Waals surface area contributed by atoms with Crippen molar-refractivity contribution in [2.24, 2.45) is 7.05 Å². The van der Waals surface area contributed by atoms with Crippen LogP contribution in [0.25, 0.3) is 0 Å². The molecule has 1 aromatic heterocycles. The Bertz CT molecular complexity index is 393. The average Bonchev–Trinajstić information content (AvgIpc) is 2.63. The summed E-state index contributed by atoms with van der Waals surface area (Å²) in [7, 11) is 3.80.